The first-order valence-electron chi connectivity index (χ1n) is 6.66. The second-order valence-corrected chi connectivity index (χ2v) is 5.11. The zero-order chi connectivity index (χ0) is 13.8. The summed E-state index contributed by atoms with van der Waals surface area (Å²) in [5.74, 6) is 0.932. The Morgan fingerprint density at radius 3 is 2.68 bits per heavy atom. The number of anilines is 1. The van der Waals surface area contributed by atoms with Crippen molar-refractivity contribution in [2.75, 3.05) is 18.0 Å². The minimum absolute atomic E-state index is 0.212. The highest BCUT2D eigenvalue weighted by Crippen LogP contribution is 2.23. The predicted molar refractivity (Wildman–Crippen MR) is 73.4 cm³/mol. The lowest BCUT2D eigenvalue weighted by Crippen LogP contribution is -2.36. The fourth-order valence-electron chi connectivity index (χ4n) is 2.48. The van der Waals surface area contributed by atoms with Crippen LogP contribution in [0.5, 0.6) is 0 Å². The Bertz CT molecular complexity index is 454. The molecule has 1 saturated heterocycles. The van der Waals surface area contributed by atoms with Crippen molar-refractivity contribution in [3.63, 3.8) is 0 Å². The number of hydrogen-bond donors (Lipinski definition) is 2. The number of amides is 1. The quantitative estimate of drug-likeness (QED) is 0.816. The van der Waals surface area contributed by atoms with E-state index in [1.54, 1.807) is 0 Å². The van der Waals surface area contributed by atoms with Gasteiger partial charge in [0.05, 0.1) is 5.69 Å². The number of piperidine rings is 1. The summed E-state index contributed by atoms with van der Waals surface area (Å²) in [5, 5.41) is 0. The number of primary amides is 1. The molecule has 0 radical (unpaired) electrons. The van der Waals surface area contributed by atoms with E-state index in [4.69, 9.17) is 11.5 Å². The van der Waals surface area contributed by atoms with Gasteiger partial charge in [-0.2, -0.15) is 0 Å². The third-order valence-corrected chi connectivity index (χ3v) is 3.49. The number of nitrogens with zero attached hydrogens (tertiary/aromatic N) is 3. The van der Waals surface area contributed by atoms with Gasteiger partial charge in [-0.3, -0.25) is 4.79 Å². The van der Waals surface area contributed by atoms with Crippen molar-refractivity contribution >= 4 is 11.9 Å². The average molecular weight is 263 g/mol. The molecule has 0 aromatic carbocycles. The number of rotatable bonds is 4. The van der Waals surface area contributed by atoms with E-state index in [1.807, 2.05) is 13.0 Å². The smallest absolute Gasteiger partial charge is 0.225 e. The second kappa shape index (κ2) is 5.97. The SMILES string of the molecule is Cc1cc(CN)nc(N2CCC(CC(N)=O)CC2)n1. The van der Waals surface area contributed by atoms with Gasteiger partial charge in [0, 0.05) is 31.7 Å². The first kappa shape index (κ1) is 13.7. The third kappa shape index (κ3) is 3.64. The lowest BCUT2D eigenvalue weighted by atomic mass is 9.93. The summed E-state index contributed by atoms with van der Waals surface area (Å²) in [6, 6.07) is 1.91. The van der Waals surface area contributed by atoms with E-state index >= 15 is 0 Å². The molecule has 0 atom stereocenters. The highest BCUT2D eigenvalue weighted by molar-refractivity contribution is 5.74. The normalized spacial score (nSPS) is 16.6. The van der Waals surface area contributed by atoms with Gasteiger partial charge in [-0.1, -0.05) is 0 Å². The number of nitrogens with two attached hydrogens (primary N) is 2. The van der Waals surface area contributed by atoms with Crippen LogP contribution < -0.4 is 16.4 Å². The number of aryl methyl sites for hydroxylation is 1. The fourth-order valence-corrected chi connectivity index (χ4v) is 2.48. The Labute approximate surface area is 113 Å². The Kier molecular flexibility index (Phi) is 4.31. The van der Waals surface area contributed by atoms with Gasteiger partial charge in [-0.25, -0.2) is 9.97 Å². The van der Waals surface area contributed by atoms with Crippen molar-refractivity contribution in [2.45, 2.75) is 32.7 Å². The van der Waals surface area contributed by atoms with E-state index < -0.39 is 0 Å². The largest absolute Gasteiger partial charge is 0.370 e. The molecule has 1 fully saturated rings. The van der Waals surface area contributed by atoms with E-state index in [0.29, 0.717) is 18.9 Å². The van der Waals surface area contributed by atoms with Crippen molar-refractivity contribution in [1.29, 1.82) is 0 Å². The van der Waals surface area contributed by atoms with Crippen molar-refractivity contribution in [2.24, 2.45) is 17.4 Å². The molecule has 19 heavy (non-hydrogen) atoms. The van der Waals surface area contributed by atoms with E-state index in [-0.39, 0.29) is 5.91 Å². The summed E-state index contributed by atoms with van der Waals surface area (Å²) in [4.78, 5) is 22.0. The Morgan fingerprint density at radius 2 is 2.11 bits per heavy atom. The average Bonchev–Trinajstić information content (AvgIpc) is 2.38. The van der Waals surface area contributed by atoms with Gasteiger partial charge in [0.2, 0.25) is 11.9 Å². The maximum atomic E-state index is 10.9. The number of aromatic nitrogens is 2. The first-order valence-corrected chi connectivity index (χ1v) is 6.66. The highest BCUT2D eigenvalue weighted by atomic mass is 16.1. The van der Waals surface area contributed by atoms with Gasteiger partial charge >= 0.3 is 0 Å². The molecule has 0 spiro atoms. The molecule has 1 aromatic heterocycles. The molecule has 1 aliphatic heterocycles. The summed E-state index contributed by atoms with van der Waals surface area (Å²) in [7, 11) is 0. The molecule has 2 heterocycles. The Hall–Kier alpha value is -1.69. The second-order valence-electron chi connectivity index (χ2n) is 5.11. The van der Waals surface area contributed by atoms with E-state index in [0.717, 1.165) is 43.3 Å². The van der Waals surface area contributed by atoms with Crippen LogP contribution in [-0.4, -0.2) is 29.0 Å². The monoisotopic (exact) mass is 263 g/mol. The van der Waals surface area contributed by atoms with Gasteiger partial charge in [0.15, 0.2) is 0 Å². The predicted octanol–water partition coefficient (Wildman–Crippen LogP) is 0.336. The minimum atomic E-state index is -0.212. The summed E-state index contributed by atoms with van der Waals surface area (Å²) < 4.78 is 0. The van der Waals surface area contributed by atoms with Crippen LogP contribution >= 0.6 is 0 Å². The topological polar surface area (TPSA) is 98.1 Å². The number of hydrogen-bond acceptors (Lipinski definition) is 5. The standard InChI is InChI=1S/C13H21N5O/c1-9-6-11(8-14)17-13(16-9)18-4-2-10(3-5-18)7-12(15)19/h6,10H,2-5,7-8,14H2,1H3,(H2,15,19). The Balaban J connectivity index is 2.01. The van der Waals surface area contributed by atoms with Crippen LogP contribution in [0.4, 0.5) is 5.95 Å². The molecule has 0 bridgehead atoms. The first-order chi connectivity index (χ1) is 9.08. The maximum Gasteiger partial charge on any atom is 0.225 e. The molecule has 104 valence electrons. The van der Waals surface area contributed by atoms with Crippen molar-refractivity contribution < 1.29 is 4.79 Å². The van der Waals surface area contributed by atoms with Crippen LogP contribution in [0, 0.1) is 12.8 Å². The lowest BCUT2D eigenvalue weighted by Gasteiger charge is -2.31. The van der Waals surface area contributed by atoms with Gasteiger partial charge in [0.1, 0.15) is 0 Å². The zero-order valence-electron chi connectivity index (χ0n) is 11.3. The molecule has 0 unspecified atom stereocenters. The Morgan fingerprint density at radius 1 is 1.42 bits per heavy atom. The molecule has 0 saturated carbocycles. The van der Waals surface area contributed by atoms with Crippen LogP contribution in [-0.2, 0) is 11.3 Å². The molecular weight excluding hydrogens is 242 g/mol. The van der Waals surface area contributed by atoms with Crippen molar-refractivity contribution in [3.8, 4) is 0 Å². The van der Waals surface area contributed by atoms with Gasteiger partial charge in [-0.15, -0.1) is 0 Å². The van der Waals surface area contributed by atoms with Crippen LogP contribution in [0.2, 0.25) is 0 Å². The molecule has 6 heteroatoms. The molecule has 0 aliphatic carbocycles. The minimum Gasteiger partial charge on any atom is -0.370 e. The number of carbonyl (C=O) groups excluding carboxylic acids is 1. The van der Waals surface area contributed by atoms with Crippen LogP contribution in [0.25, 0.3) is 0 Å². The highest BCUT2D eigenvalue weighted by Gasteiger charge is 2.22. The maximum absolute atomic E-state index is 10.9. The lowest BCUT2D eigenvalue weighted by molar-refractivity contribution is -0.119. The van der Waals surface area contributed by atoms with E-state index in [9.17, 15) is 4.79 Å². The van der Waals surface area contributed by atoms with E-state index in [1.165, 1.54) is 0 Å². The third-order valence-electron chi connectivity index (χ3n) is 3.49. The molecule has 1 aliphatic rings. The summed E-state index contributed by atoms with van der Waals surface area (Å²) >= 11 is 0. The molecule has 1 aromatic rings. The summed E-state index contributed by atoms with van der Waals surface area (Å²) in [5.41, 5.74) is 12.7. The summed E-state index contributed by atoms with van der Waals surface area (Å²) in [6.07, 6.45) is 2.40. The molecular formula is C13H21N5O. The molecule has 4 N–H and O–H groups in total. The zero-order valence-corrected chi connectivity index (χ0v) is 11.3. The van der Waals surface area contributed by atoms with Crippen LogP contribution in [0.15, 0.2) is 6.07 Å². The van der Waals surface area contributed by atoms with Gasteiger partial charge in [-0.05, 0) is 31.7 Å². The summed E-state index contributed by atoms with van der Waals surface area (Å²) in [6.45, 7) is 4.11. The van der Waals surface area contributed by atoms with Gasteiger partial charge in [0.25, 0.3) is 0 Å². The van der Waals surface area contributed by atoms with Crippen molar-refractivity contribution in [1.82, 2.24) is 9.97 Å². The molecule has 2 rings (SSSR count). The van der Waals surface area contributed by atoms with E-state index in [2.05, 4.69) is 14.9 Å². The van der Waals surface area contributed by atoms with Gasteiger partial charge < -0.3 is 16.4 Å². The molecule has 1 amide bonds. The van der Waals surface area contributed by atoms with Crippen LogP contribution in [0.3, 0.4) is 0 Å². The van der Waals surface area contributed by atoms with Crippen molar-refractivity contribution in [3.05, 3.63) is 17.5 Å². The number of carbonyl (C=O) groups is 1. The molecule has 6 nitrogen and oxygen atoms in total. The fraction of sp³-hybridized carbons (Fsp3) is 0.615. The van der Waals surface area contributed by atoms with Crippen LogP contribution in [0.1, 0.15) is 30.7 Å².